The summed E-state index contributed by atoms with van der Waals surface area (Å²) in [4.78, 5) is 0. The summed E-state index contributed by atoms with van der Waals surface area (Å²) < 4.78 is 0. The second-order valence-electron chi connectivity index (χ2n) is 13.5. The average Bonchev–Trinajstić information content (AvgIpc) is 3.65. The monoisotopic (exact) mass is 549 g/mol. The lowest BCUT2D eigenvalue weighted by atomic mass is 9.82. The summed E-state index contributed by atoms with van der Waals surface area (Å²) in [6.07, 6.45) is 5.63. The van der Waals surface area contributed by atoms with E-state index < -0.39 is 0 Å². The maximum Gasteiger partial charge on any atom is 0.0419 e. The Labute approximate surface area is 252 Å². The molecule has 1 N–H and O–H groups in total. The lowest BCUT2D eigenvalue weighted by Gasteiger charge is -2.25. The summed E-state index contributed by atoms with van der Waals surface area (Å²) in [7, 11) is 0. The van der Waals surface area contributed by atoms with Crippen molar-refractivity contribution in [2.75, 3.05) is 5.32 Å². The first kappa shape index (κ1) is 27.0. The highest BCUT2D eigenvalue weighted by molar-refractivity contribution is 6.05. The number of nitrogens with one attached hydrogen (secondary N) is 1. The van der Waals surface area contributed by atoms with E-state index in [1.807, 2.05) is 0 Å². The Balaban J connectivity index is 1.26. The van der Waals surface area contributed by atoms with E-state index in [1.165, 1.54) is 81.1 Å². The molecule has 3 atom stereocenters. The highest BCUT2D eigenvalue weighted by Gasteiger charge is 2.40. The van der Waals surface area contributed by atoms with Crippen LogP contribution in [0.2, 0.25) is 0 Å². The van der Waals surface area contributed by atoms with Gasteiger partial charge in [-0.1, -0.05) is 119 Å². The van der Waals surface area contributed by atoms with Crippen LogP contribution < -0.4 is 5.32 Å². The normalized spacial score (nSPS) is 19.7. The van der Waals surface area contributed by atoms with Crippen molar-refractivity contribution in [3.8, 4) is 22.3 Å². The van der Waals surface area contributed by atoms with Gasteiger partial charge in [0, 0.05) is 11.4 Å². The minimum atomic E-state index is 0.497. The van der Waals surface area contributed by atoms with Crippen LogP contribution in [0, 0.1) is 11.8 Å². The molecule has 1 heteroatoms. The fraction of sp³-hybridized carbons (Fsp3) is 0.317. The van der Waals surface area contributed by atoms with Crippen molar-refractivity contribution in [3.05, 3.63) is 120 Å². The van der Waals surface area contributed by atoms with E-state index in [9.17, 15) is 0 Å². The molecule has 0 saturated heterocycles. The number of hydrogen-bond donors (Lipinski definition) is 1. The van der Waals surface area contributed by atoms with Gasteiger partial charge in [-0.25, -0.2) is 0 Å². The number of benzene rings is 5. The van der Waals surface area contributed by atoms with Gasteiger partial charge >= 0.3 is 0 Å². The summed E-state index contributed by atoms with van der Waals surface area (Å²) in [5.74, 6) is 3.51. The second-order valence-corrected chi connectivity index (χ2v) is 13.5. The fourth-order valence-electron chi connectivity index (χ4n) is 7.78. The van der Waals surface area contributed by atoms with E-state index in [1.54, 1.807) is 0 Å². The molecule has 42 heavy (non-hydrogen) atoms. The highest BCUT2D eigenvalue weighted by Crippen LogP contribution is 2.54. The molecule has 1 nitrogen and oxygen atoms in total. The quantitative estimate of drug-likeness (QED) is 0.213. The van der Waals surface area contributed by atoms with E-state index in [0.29, 0.717) is 17.8 Å². The Morgan fingerprint density at radius 1 is 0.595 bits per heavy atom. The van der Waals surface area contributed by atoms with Crippen LogP contribution in [0.4, 0.5) is 11.4 Å². The third-order valence-electron chi connectivity index (χ3n) is 10.1. The molecule has 3 unspecified atom stereocenters. The van der Waals surface area contributed by atoms with Crippen molar-refractivity contribution in [1.29, 1.82) is 0 Å². The topological polar surface area (TPSA) is 12.0 Å². The number of hydrogen-bond acceptors (Lipinski definition) is 1. The second kappa shape index (κ2) is 11.1. The number of para-hydroxylation sites is 1. The lowest BCUT2D eigenvalue weighted by Crippen LogP contribution is -2.10. The molecule has 0 spiro atoms. The fourth-order valence-corrected chi connectivity index (χ4v) is 7.78. The molecule has 7 rings (SSSR count). The first-order chi connectivity index (χ1) is 20.4. The number of anilines is 2. The molecule has 0 heterocycles. The summed E-state index contributed by atoms with van der Waals surface area (Å²) in [5.41, 5.74) is 11.9. The van der Waals surface area contributed by atoms with Crippen molar-refractivity contribution >= 4 is 22.1 Å². The first-order valence-electron chi connectivity index (χ1n) is 16.1. The van der Waals surface area contributed by atoms with Gasteiger partial charge in [0.1, 0.15) is 0 Å². The van der Waals surface area contributed by atoms with Crippen LogP contribution >= 0.6 is 0 Å². The summed E-state index contributed by atoms with van der Waals surface area (Å²) in [6, 6.07) is 38.8. The summed E-state index contributed by atoms with van der Waals surface area (Å²) in [5, 5.41) is 6.45. The molecule has 2 bridgehead atoms. The molecule has 212 valence electrons. The molecule has 5 aromatic carbocycles. The Bertz CT molecular complexity index is 1720. The summed E-state index contributed by atoms with van der Waals surface area (Å²) in [6.45, 7) is 9.17. The van der Waals surface area contributed by atoms with Crippen LogP contribution in [0.3, 0.4) is 0 Å². The van der Waals surface area contributed by atoms with Crippen molar-refractivity contribution in [2.45, 2.75) is 71.1 Å². The predicted octanol–water partition coefficient (Wildman–Crippen LogP) is 12.1. The van der Waals surface area contributed by atoms with Crippen molar-refractivity contribution in [2.24, 2.45) is 11.8 Å². The van der Waals surface area contributed by atoms with Gasteiger partial charge in [0.05, 0.1) is 0 Å². The van der Waals surface area contributed by atoms with Crippen molar-refractivity contribution in [1.82, 2.24) is 0 Å². The van der Waals surface area contributed by atoms with Gasteiger partial charge in [-0.05, 0) is 117 Å². The van der Waals surface area contributed by atoms with Gasteiger partial charge in [-0.3, -0.25) is 0 Å². The highest BCUT2D eigenvalue weighted by atomic mass is 14.9. The van der Waals surface area contributed by atoms with Crippen molar-refractivity contribution < 1.29 is 0 Å². The molecular formula is C41H43N. The molecule has 5 aromatic rings. The Hall–Kier alpha value is -3.84. The minimum absolute atomic E-state index is 0.497. The molecule has 0 radical (unpaired) electrons. The minimum Gasteiger partial charge on any atom is -0.355 e. The third kappa shape index (κ3) is 5.04. The zero-order chi connectivity index (χ0) is 28.8. The first-order valence-corrected chi connectivity index (χ1v) is 16.1. The van der Waals surface area contributed by atoms with Crippen LogP contribution in [0.1, 0.15) is 87.8 Å². The number of rotatable bonds is 7. The zero-order valence-electron chi connectivity index (χ0n) is 25.5. The molecule has 2 aliphatic carbocycles. The van der Waals surface area contributed by atoms with Gasteiger partial charge in [0.2, 0.25) is 0 Å². The molecule has 0 aliphatic heterocycles. The molecular weight excluding hydrogens is 506 g/mol. The Kier molecular flexibility index (Phi) is 7.14. The zero-order valence-corrected chi connectivity index (χ0v) is 25.5. The van der Waals surface area contributed by atoms with E-state index in [4.69, 9.17) is 0 Å². The molecule has 0 aromatic heterocycles. The van der Waals surface area contributed by atoms with E-state index in [-0.39, 0.29) is 0 Å². The van der Waals surface area contributed by atoms with Crippen LogP contribution in [0.15, 0.2) is 103 Å². The molecule has 2 saturated carbocycles. The Morgan fingerprint density at radius 3 is 1.90 bits per heavy atom. The van der Waals surface area contributed by atoms with Crippen LogP contribution in [0.5, 0.6) is 0 Å². The maximum absolute atomic E-state index is 3.84. The average molecular weight is 550 g/mol. The lowest BCUT2D eigenvalue weighted by molar-refractivity contribution is 0.421. The largest absolute Gasteiger partial charge is 0.355 e. The van der Waals surface area contributed by atoms with Crippen LogP contribution in [-0.4, -0.2) is 0 Å². The van der Waals surface area contributed by atoms with Gasteiger partial charge < -0.3 is 5.32 Å². The van der Waals surface area contributed by atoms with Crippen molar-refractivity contribution in [3.63, 3.8) is 0 Å². The van der Waals surface area contributed by atoms with Gasteiger partial charge in [0.25, 0.3) is 0 Å². The van der Waals surface area contributed by atoms with E-state index in [2.05, 4.69) is 136 Å². The van der Waals surface area contributed by atoms with Gasteiger partial charge in [-0.15, -0.1) is 0 Å². The van der Waals surface area contributed by atoms with Gasteiger partial charge in [0.15, 0.2) is 0 Å². The molecule has 2 fully saturated rings. The smallest absolute Gasteiger partial charge is 0.0419 e. The number of fused-ring (bicyclic) bond motifs is 3. The molecule has 0 amide bonds. The molecule has 2 aliphatic rings. The SMILES string of the molecule is CC(C)c1cc(-c2ccc(-c3cccc(Nc4ccccc4C4CC5CCC4C5)c3)c3ccccc23)cc(C(C)C)c1. The van der Waals surface area contributed by atoms with Crippen LogP contribution in [0.25, 0.3) is 33.0 Å². The third-order valence-corrected chi connectivity index (χ3v) is 10.1. The van der Waals surface area contributed by atoms with Gasteiger partial charge in [-0.2, -0.15) is 0 Å². The standard InChI is InChI=1S/C41H43N/c1-26(2)31-22-32(27(3)4)24-33(23-31)36-19-18-35(37-12-5-6-13-38(36)37)29-10-9-11-34(25-29)42-41-15-8-7-14-39(41)40-21-28-16-17-30(40)20-28/h5-15,18-19,22-28,30,40,42H,16-17,20-21H2,1-4H3. The van der Waals surface area contributed by atoms with Crippen LogP contribution in [-0.2, 0) is 0 Å². The Morgan fingerprint density at radius 2 is 1.26 bits per heavy atom. The van der Waals surface area contributed by atoms with E-state index >= 15 is 0 Å². The predicted molar refractivity (Wildman–Crippen MR) is 181 cm³/mol. The summed E-state index contributed by atoms with van der Waals surface area (Å²) >= 11 is 0. The van der Waals surface area contributed by atoms with E-state index in [0.717, 1.165) is 17.5 Å². The maximum atomic E-state index is 3.84.